The first-order chi connectivity index (χ1) is 16.5. The number of aliphatic hydroxyl groups excluding tert-OH is 1. The van der Waals surface area contributed by atoms with E-state index in [-0.39, 0.29) is 12.6 Å². The first-order valence-electron chi connectivity index (χ1n) is 12.3. The summed E-state index contributed by atoms with van der Waals surface area (Å²) in [5.41, 5.74) is 17.9. The van der Waals surface area contributed by atoms with E-state index in [1.54, 1.807) is 18.4 Å². The van der Waals surface area contributed by atoms with Gasteiger partial charge in [-0.2, -0.15) is 5.26 Å². The van der Waals surface area contributed by atoms with Gasteiger partial charge in [-0.25, -0.2) is 4.98 Å². The number of nitrogens with zero attached hydrogens (tertiary/aromatic N) is 3. The molecule has 4 rings (SSSR count). The van der Waals surface area contributed by atoms with Crippen LogP contribution in [-0.2, 0) is 0 Å². The summed E-state index contributed by atoms with van der Waals surface area (Å²) < 4.78 is 0. The number of nitrogens with two attached hydrogens (primary N) is 2. The van der Waals surface area contributed by atoms with Crippen molar-refractivity contribution < 1.29 is 5.11 Å². The van der Waals surface area contributed by atoms with Crippen molar-refractivity contribution >= 4 is 11.4 Å². The van der Waals surface area contributed by atoms with Crippen LogP contribution >= 0.6 is 0 Å². The second kappa shape index (κ2) is 10.4. The van der Waals surface area contributed by atoms with Crippen molar-refractivity contribution in [2.24, 2.45) is 17.4 Å². The number of hydrogen-bond donors (Lipinski definition) is 4. The van der Waals surface area contributed by atoms with Gasteiger partial charge in [0.2, 0.25) is 0 Å². The molecule has 1 atom stereocenters. The lowest BCUT2D eigenvalue weighted by atomic mass is 9.93. The number of aliphatic hydroxyl groups is 1. The van der Waals surface area contributed by atoms with Crippen molar-refractivity contribution in [1.29, 1.82) is 5.26 Å². The van der Waals surface area contributed by atoms with Gasteiger partial charge in [-0.05, 0) is 62.7 Å². The second-order valence-electron chi connectivity index (χ2n) is 9.58. The van der Waals surface area contributed by atoms with E-state index in [2.05, 4.69) is 28.9 Å². The third kappa shape index (κ3) is 5.13. The molecule has 0 saturated heterocycles. The van der Waals surface area contributed by atoms with Gasteiger partial charge < -0.3 is 26.8 Å². The molecule has 0 bridgehead atoms. The summed E-state index contributed by atoms with van der Waals surface area (Å²) in [6.45, 7) is 7.46. The molecule has 7 nitrogen and oxygen atoms in total. The minimum Gasteiger partial charge on any atom is -0.404 e. The lowest BCUT2D eigenvalue weighted by Gasteiger charge is -2.34. The van der Waals surface area contributed by atoms with E-state index in [0.717, 1.165) is 66.3 Å². The summed E-state index contributed by atoms with van der Waals surface area (Å²) >= 11 is 0. The molecule has 2 saturated carbocycles. The monoisotopic (exact) mass is 460 g/mol. The molecule has 180 valence electrons. The van der Waals surface area contributed by atoms with Crippen molar-refractivity contribution in [3.8, 4) is 6.07 Å². The Labute approximate surface area is 202 Å². The number of pyridine rings is 1. The zero-order valence-electron chi connectivity index (χ0n) is 20.1. The number of allylic oxidation sites excluding steroid dienone is 3. The summed E-state index contributed by atoms with van der Waals surface area (Å²) in [6, 6.07) is 2.73. The van der Waals surface area contributed by atoms with E-state index >= 15 is 0 Å². The molecule has 7 heteroatoms. The summed E-state index contributed by atoms with van der Waals surface area (Å²) in [6.07, 6.45) is 13.2. The molecule has 34 heavy (non-hydrogen) atoms. The molecule has 2 aliphatic carbocycles. The van der Waals surface area contributed by atoms with Crippen LogP contribution in [-0.4, -0.2) is 35.8 Å². The van der Waals surface area contributed by atoms with Crippen LogP contribution in [0.1, 0.15) is 66.8 Å². The summed E-state index contributed by atoms with van der Waals surface area (Å²) in [5.74, 6) is 1.76. The molecule has 2 heterocycles. The van der Waals surface area contributed by atoms with Gasteiger partial charge in [-0.3, -0.25) is 0 Å². The Hall–Kier alpha value is -3.24. The highest BCUT2D eigenvalue weighted by Gasteiger charge is 2.36. The molecule has 6 N–H and O–H groups in total. The highest BCUT2D eigenvalue weighted by Crippen LogP contribution is 2.45. The maximum atomic E-state index is 10.2. The minimum absolute atomic E-state index is 0.146. The van der Waals surface area contributed by atoms with E-state index in [0.29, 0.717) is 29.5 Å². The summed E-state index contributed by atoms with van der Waals surface area (Å²) in [7, 11) is 0. The number of rotatable bonds is 8. The van der Waals surface area contributed by atoms with Gasteiger partial charge >= 0.3 is 0 Å². The highest BCUT2D eigenvalue weighted by atomic mass is 16.3. The molecular weight excluding hydrogens is 424 g/mol. The van der Waals surface area contributed by atoms with Crippen LogP contribution in [0.25, 0.3) is 5.57 Å². The van der Waals surface area contributed by atoms with E-state index in [4.69, 9.17) is 16.5 Å². The quantitative estimate of drug-likeness (QED) is 0.439. The van der Waals surface area contributed by atoms with Gasteiger partial charge in [-0.15, -0.1) is 0 Å². The Morgan fingerprint density at radius 1 is 1.38 bits per heavy atom. The fourth-order valence-electron chi connectivity index (χ4n) is 4.85. The standard InChI is InChI=1S/C27H36N6O/c1-3-21(30)13-20(14-28)25-17(2)23(15-29)27(32-26(25)19-8-9-19)33-11-4-5-22(10-12-34)31-24(16-33)18-6-7-18/h3,5,13-14,18-19,24,31,34H,1,4,6-12,16,28,30H2,2H3/b20-14+,21-13-,22-5-. The Kier molecular flexibility index (Phi) is 7.28. The number of aromatic nitrogens is 1. The molecule has 1 unspecified atom stereocenters. The van der Waals surface area contributed by atoms with Crippen molar-refractivity contribution in [2.45, 2.75) is 57.4 Å². The van der Waals surface area contributed by atoms with Crippen molar-refractivity contribution in [1.82, 2.24) is 10.3 Å². The van der Waals surface area contributed by atoms with Gasteiger partial charge in [-0.1, -0.05) is 12.7 Å². The van der Waals surface area contributed by atoms with Crippen molar-refractivity contribution in [2.75, 3.05) is 24.6 Å². The van der Waals surface area contributed by atoms with Crippen LogP contribution in [0.5, 0.6) is 0 Å². The fraction of sp³-hybridized carbons (Fsp3) is 0.481. The van der Waals surface area contributed by atoms with Crippen LogP contribution in [0, 0.1) is 24.2 Å². The SMILES string of the molecule is C=C/C(N)=C/C(=C\N)c1c(C2CC2)nc(N2CC/C=C(/CCO)NC(C3CC3)C2)c(C#N)c1C. The maximum Gasteiger partial charge on any atom is 0.147 e. The predicted octanol–water partition coefficient (Wildman–Crippen LogP) is 3.31. The summed E-state index contributed by atoms with van der Waals surface area (Å²) in [4.78, 5) is 7.44. The smallest absolute Gasteiger partial charge is 0.147 e. The first kappa shape index (κ1) is 23.9. The number of nitriles is 1. The normalized spacial score (nSPS) is 23.3. The zero-order chi connectivity index (χ0) is 24.2. The fourth-order valence-corrected chi connectivity index (χ4v) is 4.85. The van der Waals surface area contributed by atoms with Crippen molar-refractivity contribution in [3.63, 3.8) is 0 Å². The van der Waals surface area contributed by atoms with Gasteiger partial charge in [0.15, 0.2) is 0 Å². The number of anilines is 1. The average Bonchev–Trinajstić information content (AvgIpc) is 3.71. The minimum atomic E-state index is 0.146. The highest BCUT2D eigenvalue weighted by molar-refractivity contribution is 5.81. The van der Waals surface area contributed by atoms with Crippen LogP contribution in [0.2, 0.25) is 0 Å². The predicted molar refractivity (Wildman–Crippen MR) is 137 cm³/mol. The molecule has 3 aliphatic rings. The third-order valence-corrected chi connectivity index (χ3v) is 7.01. The van der Waals surface area contributed by atoms with Crippen molar-refractivity contribution in [3.05, 3.63) is 64.8 Å². The molecule has 2 fully saturated rings. The Balaban J connectivity index is 1.78. The van der Waals surface area contributed by atoms with E-state index in [1.165, 1.54) is 12.8 Å². The molecule has 0 amide bonds. The first-order valence-corrected chi connectivity index (χ1v) is 12.3. The second-order valence-corrected chi connectivity index (χ2v) is 9.58. The van der Waals surface area contributed by atoms with Crippen LogP contribution in [0.3, 0.4) is 0 Å². The van der Waals surface area contributed by atoms with Crippen LogP contribution in [0.15, 0.2) is 42.4 Å². The van der Waals surface area contributed by atoms with Gasteiger partial charge in [0.1, 0.15) is 11.9 Å². The van der Waals surface area contributed by atoms with E-state index in [1.807, 2.05) is 6.92 Å². The molecule has 1 aromatic heterocycles. The molecule has 1 aromatic rings. The Morgan fingerprint density at radius 3 is 2.74 bits per heavy atom. The molecular formula is C27H36N6O. The number of hydrogen-bond acceptors (Lipinski definition) is 7. The van der Waals surface area contributed by atoms with E-state index < -0.39 is 0 Å². The Bertz CT molecular complexity index is 1070. The van der Waals surface area contributed by atoms with Gasteiger partial charge in [0.25, 0.3) is 0 Å². The summed E-state index contributed by atoms with van der Waals surface area (Å²) in [5, 5.41) is 23.3. The third-order valence-electron chi connectivity index (χ3n) is 7.01. The maximum absolute atomic E-state index is 10.2. The molecule has 0 aromatic carbocycles. The topological polar surface area (TPSA) is 124 Å². The largest absolute Gasteiger partial charge is 0.404 e. The molecule has 1 aliphatic heterocycles. The zero-order valence-corrected chi connectivity index (χ0v) is 20.1. The van der Waals surface area contributed by atoms with Crippen LogP contribution in [0.4, 0.5) is 5.82 Å². The lowest BCUT2D eigenvalue weighted by Crippen LogP contribution is -2.45. The lowest BCUT2D eigenvalue weighted by molar-refractivity contribution is 0.293. The Morgan fingerprint density at radius 2 is 2.15 bits per heavy atom. The van der Waals surface area contributed by atoms with Gasteiger partial charge in [0.05, 0.1) is 11.3 Å². The molecule has 0 spiro atoms. The number of nitrogens with one attached hydrogen (secondary N) is 1. The average molecular weight is 461 g/mol. The van der Waals surface area contributed by atoms with Gasteiger partial charge in [0, 0.05) is 66.8 Å². The van der Waals surface area contributed by atoms with Crippen LogP contribution < -0.4 is 21.7 Å². The molecule has 0 radical (unpaired) electrons. The van der Waals surface area contributed by atoms with E-state index in [9.17, 15) is 10.4 Å².